The number of nitrogens with one attached hydrogen (secondary N) is 1. The van der Waals surface area contributed by atoms with Gasteiger partial charge < -0.3 is 5.32 Å². The van der Waals surface area contributed by atoms with Crippen LogP contribution in [0.15, 0.2) is 41.9 Å². The molecule has 0 aliphatic carbocycles. The first-order chi connectivity index (χ1) is 11.7. The molecular formula is C17H17FN4OS. The van der Waals surface area contributed by atoms with Crippen molar-refractivity contribution in [1.29, 1.82) is 0 Å². The normalized spacial score (nSPS) is 10.8. The lowest BCUT2D eigenvalue weighted by molar-refractivity contribution is -0.115. The molecule has 0 saturated heterocycles. The van der Waals surface area contributed by atoms with E-state index >= 15 is 0 Å². The molecule has 0 atom stereocenters. The predicted octanol–water partition coefficient (Wildman–Crippen LogP) is 3.27. The van der Waals surface area contributed by atoms with Gasteiger partial charge in [0.25, 0.3) is 0 Å². The number of aryl methyl sites for hydroxylation is 1. The Morgan fingerprint density at radius 3 is 2.92 bits per heavy atom. The van der Waals surface area contributed by atoms with Crippen LogP contribution in [0.3, 0.4) is 0 Å². The van der Waals surface area contributed by atoms with Gasteiger partial charge in [0.05, 0.1) is 29.9 Å². The number of carbonyl (C=O) groups excluding carboxylic acids is 1. The maximum Gasteiger partial charge on any atom is 0.231 e. The van der Waals surface area contributed by atoms with Gasteiger partial charge in [-0.2, -0.15) is 5.10 Å². The van der Waals surface area contributed by atoms with E-state index in [-0.39, 0.29) is 24.7 Å². The Bertz CT molecular complexity index is 842. The average molecular weight is 344 g/mol. The van der Waals surface area contributed by atoms with E-state index in [9.17, 15) is 9.18 Å². The molecular weight excluding hydrogens is 327 g/mol. The van der Waals surface area contributed by atoms with Gasteiger partial charge in [0.2, 0.25) is 5.91 Å². The summed E-state index contributed by atoms with van der Waals surface area (Å²) in [5.74, 6) is 0.0762. The van der Waals surface area contributed by atoms with Crippen molar-refractivity contribution < 1.29 is 9.18 Å². The van der Waals surface area contributed by atoms with Gasteiger partial charge in [-0.1, -0.05) is 25.1 Å². The molecule has 0 aliphatic heterocycles. The maximum atomic E-state index is 13.8. The molecule has 0 fully saturated rings. The van der Waals surface area contributed by atoms with Crippen molar-refractivity contribution in [3.63, 3.8) is 0 Å². The zero-order valence-electron chi connectivity index (χ0n) is 13.2. The van der Waals surface area contributed by atoms with Gasteiger partial charge in [-0.25, -0.2) is 14.1 Å². The smallest absolute Gasteiger partial charge is 0.231 e. The number of hydrogen-bond donors (Lipinski definition) is 1. The van der Waals surface area contributed by atoms with Gasteiger partial charge in [-0.05, 0) is 12.5 Å². The van der Waals surface area contributed by atoms with Gasteiger partial charge in [0.1, 0.15) is 11.6 Å². The Hall–Kier alpha value is -2.54. The van der Waals surface area contributed by atoms with Gasteiger partial charge in [-0.15, -0.1) is 11.3 Å². The van der Waals surface area contributed by atoms with Crippen LogP contribution >= 0.6 is 11.3 Å². The highest BCUT2D eigenvalue weighted by Crippen LogP contribution is 2.14. The van der Waals surface area contributed by atoms with Crippen LogP contribution in [0.25, 0.3) is 0 Å². The Balaban J connectivity index is 1.66. The third kappa shape index (κ3) is 3.86. The van der Waals surface area contributed by atoms with E-state index in [4.69, 9.17) is 0 Å². The predicted molar refractivity (Wildman–Crippen MR) is 91.6 cm³/mol. The third-order valence-corrected chi connectivity index (χ3v) is 4.55. The van der Waals surface area contributed by atoms with Crippen LogP contribution in [0.5, 0.6) is 0 Å². The Kier molecular flexibility index (Phi) is 5.00. The zero-order valence-corrected chi connectivity index (χ0v) is 14.0. The lowest BCUT2D eigenvalue weighted by Crippen LogP contribution is -2.18. The second kappa shape index (κ2) is 7.35. The van der Waals surface area contributed by atoms with Crippen molar-refractivity contribution in [2.24, 2.45) is 0 Å². The Morgan fingerprint density at radius 2 is 2.17 bits per heavy atom. The fourth-order valence-electron chi connectivity index (χ4n) is 2.30. The van der Waals surface area contributed by atoms with Crippen molar-refractivity contribution >= 4 is 23.1 Å². The molecule has 0 unspecified atom stereocenters. The van der Waals surface area contributed by atoms with Crippen LogP contribution in [0.1, 0.15) is 23.2 Å². The molecule has 24 heavy (non-hydrogen) atoms. The first-order valence-corrected chi connectivity index (χ1v) is 8.52. The van der Waals surface area contributed by atoms with Gasteiger partial charge in [0, 0.05) is 17.0 Å². The number of rotatable bonds is 6. The van der Waals surface area contributed by atoms with E-state index < -0.39 is 0 Å². The van der Waals surface area contributed by atoms with Gasteiger partial charge in [-0.3, -0.25) is 4.79 Å². The summed E-state index contributed by atoms with van der Waals surface area (Å²) in [6, 6.07) is 8.21. The summed E-state index contributed by atoms with van der Waals surface area (Å²) in [7, 11) is 0. The van der Waals surface area contributed by atoms with Gasteiger partial charge in [0.15, 0.2) is 0 Å². The topological polar surface area (TPSA) is 59.8 Å². The summed E-state index contributed by atoms with van der Waals surface area (Å²) in [5, 5.41) is 9.88. The largest absolute Gasteiger partial charge is 0.311 e. The van der Waals surface area contributed by atoms with Crippen LogP contribution in [0.2, 0.25) is 0 Å². The van der Waals surface area contributed by atoms with Crippen molar-refractivity contribution in [2.45, 2.75) is 26.3 Å². The number of aromatic nitrogens is 3. The fourth-order valence-corrected chi connectivity index (χ4v) is 3.04. The lowest BCUT2D eigenvalue weighted by Gasteiger charge is -2.09. The minimum Gasteiger partial charge on any atom is -0.311 e. The van der Waals surface area contributed by atoms with Crippen LogP contribution in [0, 0.1) is 5.82 Å². The summed E-state index contributed by atoms with van der Waals surface area (Å²) in [5.41, 5.74) is 1.28. The first kappa shape index (κ1) is 16.3. The average Bonchev–Trinajstić information content (AvgIpc) is 3.19. The second-order valence-corrected chi connectivity index (χ2v) is 6.22. The number of halogens is 1. The summed E-state index contributed by atoms with van der Waals surface area (Å²) < 4.78 is 15.3. The molecule has 0 aliphatic rings. The zero-order chi connectivity index (χ0) is 16.9. The number of benzene rings is 1. The van der Waals surface area contributed by atoms with E-state index in [0.29, 0.717) is 11.4 Å². The summed E-state index contributed by atoms with van der Waals surface area (Å²) >= 11 is 1.56. The standard InChI is InChI=1S/C17H17FN4OS/c1-2-17-20-13(11-24-17)9-16(23)21-15-7-8-19-22(15)10-12-5-3-4-6-14(12)18/h3-8,11H,2,9-10H2,1H3,(H,21,23). The fraction of sp³-hybridized carbons (Fsp3) is 0.235. The van der Waals surface area contributed by atoms with Crippen LogP contribution in [-0.2, 0) is 24.2 Å². The molecule has 0 saturated carbocycles. The minimum atomic E-state index is -0.292. The summed E-state index contributed by atoms with van der Waals surface area (Å²) in [6.45, 7) is 2.29. The molecule has 1 N–H and O–H groups in total. The summed E-state index contributed by atoms with van der Waals surface area (Å²) in [6.07, 6.45) is 2.65. The molecule has 0 bridgehead atoms. The second-order valence-electron chi connectivity index (χ2n) is 5.28. The number of amides is 1. The highest BCUT2D eigenvalue weighted by molar-refractivity contribution is 7.09. The molecule has 1 amide bonds. The SMILES string of the molecule is CCc1nc(CC(=O)Nc2ccnn2Cc2ccccc2F)cs1. The molecule has 2 heterocycles. The van der Waals surface area contributed by atoms with E-state index in [2.05, 4.69) is 15.4 Å². The Labute approximate surface area is 143 Å². The van der Waals surface area contributed by atoms with Crippen molar-refractivity contribution in [3.8, 4) is 0 Å². The van der Waals surface area contributed by atoms with Crippen LogP contribution in [-0.4, -0.2) is 20.7 Å². The van der Waals surface area contributed by atoms with E-state index in [1.54, 1.807) is 46.5 Å². The van der Waals surface area contributed by atoms with E-state index in [1.165, 1.54) is 6.07 Å². The highest BCUT2D eigenvalue weighted by Gasteiger charge is 2.11. The van der Waals surface area contributed by atoms with Gasteiger partial charge >= 0.3 is 0 Å². The first-order valence-electron chi connectivity index (χ1n) is 7.64. The quantitative estimate of drug-likeness (QED) is 0.746. The molecule has 2 aromatic heterocycles. The molecule has 0 radical (unpaired) electrons. The Morgan fingerprint density at radius 1 is 1.33 bits per heavy atom. The molecule has 124 valence electrons. The third-order valence-electron chi connectivity index (χ3n) is 3.51. The number of nitrogens with zero attached hydrogens (tertiary/aromatic N) is 3. The maximum absolute atomic E-state index is 13.8. The van der Waals surface area contributed by atoms with Crippen LogP contribution in [0.4, 0.5) is 10.2 Å². The molecule has 3 aromatic rings. The number of carbonyl (C=O) groups is 1. The van der Waals surface area contributed by atoms with Crippen molar-refractivity contribution in [3.05, 3.63) is 64.0 Å². The molecule has 0 spiro atoms. The number of thiazole rings is 1. The lowest BCUT2D eigenvalue weighted by atomic mass is 10.2. The van der Waals surface area contributed by atoms with E-state index in [0.717, 1.165) is 17.1 Å². The van der Waals surface area contributed by atoms with E-state index in [1.807, 2.05) is 12.3 Å². The molecule has 7 heteroatoms. The molecule has 5 nitrogen and oxygen atoms in total. The minimum absolute atomic E-state index is 0.168. The highest BCUT2D eigenvalue weighted by atomic mass is 32.1. The van der Waals surface area contributed by atoms with Crippen molar-refractivity contribution in [2.75, 3.05) is 5.32 Å². The molecule has 3 rings (SSSR count). The summed E-state index contributed by atoms with van der Waals surface area (Å²) in [4.78, 5) is 16.6. The monoisotopic (exact) mass is 344 g/mol. The number of anilines is 1. The van der Waals surface area contributed by atoms with Crippen LogP contribution < -0.4 is 5.32 Å². The number of hydrogen-bond acceptors (Lipinski definition) is 4. The van der Waals surface area contributed by atoms with Crippen molar-refractivity contribution in [1.82, 2.24) is 14.8 Å². The molecule has 1 aromatic carbocycles.